The van der Waals surface area contributed by atoms with Crippen molar-refractivity contribution >= 4 is 0 Å². The second-order valence-corrected chi connectivity index (χ2v) is 5.86. The molecule has 2 heteroatoms. The molecule has 0 radical (unpaired) electrons. The average molecular weight is 249 g/mol. The minimum atomic E-state index is -0.594. The first-order valence-corrected chi connectivity index (χ1v) is 6.97. The van der Waals surface area contributed by atoms with Crippen molar-refractivity contribution in [1.82, 2.24) is 5.32 Å². The molecule has 0 aliphatic heterocycles. The Morgan fingerprint density at radius 1 is 1.22 bits per heavy atom. The van der Waals surface area contributed by atoms with E-state index in [1.807, 2.05) is 13.0 Å². The van der Waals surface area contributed by atoms with Crippen LogP contribution in [-0.4, -0.2) is 23.8 Å². The topological polar surface area (TPSA) is 32.3 Å². The van der Waals surface area contributed by atoms with Crippen LogP contribution in [0.15, 0.2) is 30.3 Å². The fraction of sp³-hybridized carbons (Fsp3) is 0.625. The van der Waals surface area contributed by atoms with Crippen LogP contribution in [0.3, 0.4) is 0 Å². The van der Waals surface area contributed by atoms with Gasteiger partial charge in [-0.25, -0.2) is 0 Å². The highest BCUT2D eigenvalue weighted by Crippen LogP contribution is 2.14. The molecule has 102 valence electrons. The highest BCUT2D eigenvalue weighted by molar-refractivity contribution is 5.14. The average Bonchev–Trinajstić information content (AvgIpc) is 2.29. The molecule has 1 rings (SSSR count). The molecule has 0 spiro atoms. The van der Waals surface area contributed by atoms with Crippen molar-refractivity contribution in [1.29, 1.82) is 0 Å². The Bertz CT molecular complexity index is 319. The number of hydrogen-bond donors (Lipinski definition) is 2. The van der Waals surface area contributed by atoms with Crippen LogP contribution in [0.2, 0.25) is 0 Å². The summed E-state index contributed by atoms with van der Waals surface area (Å²) >= 11 is 0. The van der Waals surface area contributed by atoms with Gasteiger partial charge >= 0.3 is 0 Å². The molecule has 0 amide bonds. The number of nitrogens with one attached hydrogen (secondary N) is 1. The van der Waals surface area contributed by atoms with Gasteiger partial charge in [-0.15, -0.1) is 0 Å². The van der Waals surface area contributed by atoms with E-state index in [9.17, 15) is 5.11 Å². The van der Waals surface area contributed by atoms with E-state index in [1.165, 1.54) is 5.56 Å². The summed E-state index contributed by atoms with van der Waals surface area (Å²) in [6.45, 7) is 7.92. The van der Waals surface area contributed by atoms with E-state index in [4.69, 9.17) is 0 Å². The van der Waals surface area contributed by atoms with Crippen molar-refractivity contribution < 1.29 is 5.11 Å². The van der Waals surface area contributed by atoms with Gasteiger partial charge in [0.05, 0.1) is 5.60 Å². The maximum Gasteiger partial charge on any atom is 0.0743 e. The lowest BCUT2D eigenvalue weighted by Gasteiger charge is -2.24. The summed E-state index contributed by atoms with van der Waals surface area (Å²) in [5.41, 5.74) is 0.757. The second kappa shape index (κ2) is 7.55. The Labute approximate surface area is 111 Å². The zero-order valence-electron chi connectivity index (χ0n) is 11.9. The van der Waals surface area contributed by atoms with Gasteiger partial charge in [0, 0.05) is 6.54 Å². The first kappa shape index (κ1) is 15.2. The van der Waals surface area contributed by atoms with Gasteiger partial charge in [-0.05, 0) is 44.2 Å². The van der Waals surface area contributed by atoms with E-state index in [1.54, 1.807) is 0 Å². The molecule has 0 saturated heterocycles. The quantitative estimate of drug-likeness (QED) is 0.742. The van der Waals surface area contributed by atoms with Crippen LogP contribution < -0.4 is 5.32 Å². The van der Waals surface area contributed by atoms with Gasteiger partial charge in [0.2, 0.25) is 0 Å². The van der Waals surface area contributed by atoms with E-state index < -0.39 is 5.60 Å². The number of aliphatic hydroxyl groups is 1. The molecule has 1 aromatic carbocycles. The van der Waals surface area contributed by atoms with Crippen molar-refractivity contribution in [3.8, 4) is 0 Å². The molecular formula is C16H27NO. The van der Waals surface area contributed by atoms with E-state index in [0.29, 0.717) is 12.5 Å². The van der Waals surface area contributed by atoms with E-state index >= 15 is 0 Å². The standard InChI is InChI=1S/C16H27NO/c1-14(2)12-17-13-16(3,18)11-7-10-15-8-5-4-6-9-15/h4-6,8-9,14,17-18H,7,10-13H2,1-3H3. The SMILES string of the molecule is CC(C)CNCC(C)(O)CCCc1ccccc1. The van der Waals surface area contributed by atoms with E-state index in [2.05, 4.69) is 43.4 Å². The molecule has 0 fully saturated rings. The Morgan fingerprint density at radius 3 is 2.50 bits per heavy atom. The van der Waals surface area contributed by atoms with E-state index in [-0.39, 0.29) is 0 Å². The third-order valence-electron chi connectivity index (χ3n) is 3.08. The van der Waals surface area contributed by atoms with Crippen molar-refractivity contribution in [2.24, 2.45) is 5.92 Å². The maximum absolute atomic E-state index is 10.2. The number of aryl methyl sites for hydroxylation is 1. The van der Waals surface area contributed by atoms with Crippen molar-refractivity contribution in [3.05, 3.63) is 35.9 Å². The highest BCUT2D eigenvalue weighted by atomic mass is 16.3. The smallest absolute Gasteiger partial charge is 0.0743 e. The molecule has 0 heterocycles. The van der Waals surface area contributed by atoms with Crippen LogP contribution in [0.1, 0.15) is 39.2 Å². The number of rotatable bonds is 8. The monoisotopic (exact) mass is 249 g/mol. The largest absolute Gasteiger partial charge is 0.389 e. The first-order valence-electron chi connectivity index (χ1n) is 6.97. The molecule has 2 nitrogen and oxygen atoms in total. The summed E-state index contributed by atoms with van der Waals surface area (Å²) in [4.78, 5) is 0. The first-order chi connectivity index (χ1) is 8.49. The second-order valence-electron chi connectivity index (χ2n) is 5.86. The van der Waals surface area contributed by atoms with Gasteiger partial charge in [0.15, 0.2) is 0 Å². The van der Waals surface area contributed by atoms with Gasteiger partial charge in [-0.3, -0.25) is 0 Å². The highest BCUT2D eigenvalue weighted by Gasteiger charge is 2.19. The molecule has 0 aliphatic carbocycles. The zero-order valence-corrected chi connectivity index (χ0v) is 11.9. The Kier molecular flexibility index (Phi) is 6.37. The van der Waals surface area contributed by atoms with Crippen LogP contribution in [0.4, 0.5) is 0 Å². The minimum Gasteiger partial charge on any atom is -0.389 e. The van der Waals surface area contributed by atoms with Gasteiger partial charge < -0.3 is 10.4 Å². The van der Waals surface area contributed by atoms with Crippen molar-refractivity contribution in [3.63, 3.8) is 0 Å². The van der Waals surface area contributed by atoms with Crippen LogP contribution in [-0.2, 0) is 6.42 Å². The number of hydrogen-bond acceptors (Lipinski definition) is 2. The lowest BCUT2D eigenvalue weighted by atomic mass is 9.97. The van der Waals surface area contributed by atoms with Crippen LogP contribution in [0.5, 0.6) is 0 Å². The molecule has 0 bridgehead atoms. The normalized spacial score (nSPS) is 14.7. The third-order valence-corrected chi connectivity index (χ3v) is 3.08. The van der Waals surface area contributed by atoms with Crippen molar-refractivity contribution in [2.45, 2.75) is 45.6 Å². The molecule has 1 unspecified atom stereocenters. The molecule has 18 heavy (non-hydrogen) atoms. The predicted octanol–water partition coefficient (Wildman–Crippen LogP) is 3.01. The summed E-state index contributed by atoms with van der Waals surface area (Å²) in [5, 5.41) is 13.6. The Hall–Kier alpha value is -0.860. The molecular weight excluding hydrogens is 222 g/mol. The molecule has 0 aromatic heterocycles. The third kappa shape index (κ3) is 6.77. The van der Waals surface area contributed by atoms with Gasteiger partial charge in [0.1, 0.15) is 0 Å². The lowest BCUT2D eigenvalue weighted by molar-refractivity contribution is 0.0483. The zero-order chi connectivity index (χ0) is 13.4. The summed E-state index contributed by atoms with van der Waals surface area (Å²) in [6.07, 6.45) is 2.91. The Morgan fingerprint density at radius 2 is 1.89 bits per heavy atom. The van der Waals surface area contributed by atoms with Gasteiger partial charge in [-0.1, -0.05) is 44.2 Å². The maximum atomic E-state index is 10.2. The predicted molar refractivity (Wildman–Crippen MR) is 77.7 cm³/mol. The van der Waals surface area contributed by atoms with Crippen LogP contribution >= 0.6 is 0 Å². The van der Waals surface area contributed by atoms with Crippen molar-refractivity contribution in [2.75, 3.05) is 13.1 Å². The van der Waals surface area contributed by atoms with Crippen LogP contribution in [0.25, 0.3) is 0 Å². The summed E-state index contributed by atoms with van der Waals surface area (Å²) in [5.74, 6) is 0.630. The minimum absolute atomic E-state index is 0.594. The summed E-state index contributed by atoms with van der Waals surface area (Å²) < 4.78 is 0. The molecule has 1 atom stereocenters. The molecule has 2 N–H and O–H groups in total. The lowest BCUT2D eigenvalue weighted by Crippen LogP contribution is -2.39. The summed E-state index contributed by atoms with van der Waals surface area (Å²) in [6, 6.07) is 10.5. The molecule has 1 aromatic rings. The fourth-order valence-electron chi connectivity index (χ4n) is 2.04. The molecule has 0 aliphatic rings. The Balaban J connectivity index is 2.20. The van der Waals surface area contributed by atoms with Gasteiger partial charge in [-0.2, -0.15) is 0 Å². The summed E-state index contributed by atoms with van der Waals surface area (Å²) in [7, 11) is 0. The molecule has 0 saturated carbocycles. The van der Waals surface area contributed by atoms with E-state index in [0.717, 1.165) is 25.8 Å². The van der Waals surface area contributed by atoms with Crippen LogP contribution in [0, 0.1) is 5.92 Å². The van der Waals surface area contributed by atoms with Gasteiger partial charge in [0.25, 0.3) is 0 Å². The fourth-order valence-corrected chi connectivity index (χ4v) is 2.04. The number of benzene rings is 1.